The summed E-state index contributed by atoms with van der Waals surface area (Å²) in [5, 5.41) is 14.4. The maximum atomic E-state index is 12.9. The van der Waals surface area contributed by atoms with Gasteiger partial charge in [0.25, 0.3) is 0 Å². The van der Waals surface area contributed by atoms with E-state index >= 15 is 0 Å². The van der Waals surface area contributed by atoms with Crippen LogP contribution in [0.25, 0.3) is 5.00 Å². The predicted octanol–water partition coefficient (Wildman–Crippen LogP) is 3.39. The van der Waals surface area contributed by atoms with Crippen molar-refractivity contribution in [1.29, 1.82) is 0 Å². The lowest BCUT2D eigenvalue weighted by atomic mass is 10.0. The Balaban J connectivity index is 1.36. The Labute approximate surface area is 200 Å². The number of fused-ring (bicyclic) bond motifs is 2. The fourth-order valence-corrected chi connectivity index (χ4v) is 6.91. The molecule has 3 aromatic heterocycles. The molecule has 2 aliphatic heterocycles. The van der Waals surface area contributed by atoms with E-state index in [0.29, 0.717) is 30.3 Å². The minimum atomic E-state index is -0.374. The highest BCUT2D eigenvalue weighted by Crippen LogP contribution is 2.36. The molecule has 0 fully saturated rings. The zero-order chi connectivity index (χ0) is 22.8. The molecule has 4 N–H and O–H groups in total. The number of anilines is 1. The Morgan fingerprint density at radius 2 is 1.76 bits per heavy atom. The van der Waals surface area contributed by atoms with Crippen LogP contribution in [0.1, 0.15) is 43.7 Å². The van der Waals surface area contributed by atoms with E-state index in [9.17, 15) is 9.59 Å². The van der Waals surface area contributed by atoms with Crippen LogP contribution in [0.3, 0.4) is 0 Å². The molecule has 3 aromatic rings. The van der Waals surface area contributed by atoms with Crippen LogP contribution in [0.4, 0.5) is 9.80 Å². The molecule has 0 aliphatic carbocycles. The molecule has 0 saturated carbocycles. The first-order valence-corrected chi connectivity index (χ1v) is 12.8. The van der Waals surface area contributed by atoms with Crippen LogP contribution in [-0.4, -0.2) is 36.3 Å². The lowest BCUT2D eigenvalue weighted by molar-refractivity contribution is 0.0526. The Morgan fingerprint density at radius 3 is 2.48 bits per heavy atom. The lowest BCUT2D eigenvalue weighted by Crippen LogP contribution is -2.30. The molecule has 5 rings (SSSR count). The van der Waals surface area contributed by atoms with Crippen molar-refractivity contribution in [2.45, 2.75) is 39.4 Å². The van der Waals surface area contributed by atoms with E-state index in [1.54, 1.807) is 18.3 Å². The van der Waals surface area contributed by atoms with Gasteiger partial charge in [-0.2, -0.15) is 0 Å². The standard InChI is InChI=1S/C23H27N5O3S2/c1-2-31-22(29)19-15-6-8-25-13-18(15)32-20(19)27-23(30)26-11-16-14-5-7-24-12-17(14)33-21(16)28-9-3-4-10-28/h3-4,9-10,24-25H,2,5-8,11-13H2,1H3,(H2,26,27,30). The SMILES string of the molecule is CCOC(=O)c1c(NC(=O)NCc2c(-n3cccc3)sc3c2CCNC3)sc2c1CCNC2. The molecule has 0 saturated heterocycles. The second-order valence-electron chi connectivity index (χ2n) is 7.97. The molecule has 0 unspecified atom stereocenters. The third kappa shape index (κ3) is 4.43. The first kappa shape index (κ1) is 22.1. The van der Waals surface area contributed by atoms with E-state index in [1.807, 2.05) is 24.5 Å². The van der Waals surface area contributed by atoms with Crippen molar-refractivity contribution in [3.63, 3.8) is 0 Å². The number of aromatic nitrogens is 1. The number of esters is 1. The molecule has 2 aliphatic rings. The summed E-state index contributed by atoms with van der Waals surface area (Å²) < 4.78 is 7.39. The van der Waals surface area contributed by atoms with E-state index in [-0.39, 0.29) is 12.0 Å². The molecule has 10 heteroatoms. The number of thiophene rings is 2. The molecule has 0 spiro atoms. The van der Waals surface area contributed by atoms with Crippen LogP contribution in [0.15, 0.2) is 24.5 Å². The van der Waals surface area contributed by atoms with Crippen LogP contribution < -0.4 is 21.3 Å². The largest absolute Gasteiger partial charge is 0.462 e. The van der Waals surface area contributed by atoms with Crippen molar-refractivity contribution in [1.82, 2.24) is 20.5 Å². The molecule has 33 heavy (non-hydrogen) atoms. The minimum Gasteiger partial charge on any atom is -0.462 e. The third-order valence-electron chi connectivity index (χ3n) is 5.92. The van der Waals surface area contributed by atoms with E-state index in [0.717, 1.165) is 53.5 Å². The number of rotatable bonds is 6. The van der Waals surface area contributed by atoms with Crippen LogP contribution in [0.2, 0.25) is 0 Å². The van der Waals surface area contributed by atoms with Crippen molar-refractivity contribution >= 4 is 39.7 Å². The maximum absolute atomic E-state index is 12.9. The summed E-state index contributed by atoms with van der Waals surface area (Å²) in [6, 6.07) is 3.69. The van der Waals surface area contributed by atoms with Crippen molar-refractivity contribution in [2.75, 3.05) is 25.0 Å². The quantitative estimate of drug-likeness (QED) is 0.402. The Kier molecular flexibility index (Phi) is 6.50. The number of carbonyl (C=O) groups is 2. The highest BCUT2D eigenvalue weighted by Gasteiger charge is 2.27. The summed E-state index contributed by atoms with van der Waals surface area (Å²) in [6.07, 6.45) is 5.76. The number of carbonyl (C=O) groups excluding carboxylic acids is 2. The fraction of sp³-hybridized carbons (Fsp3) is 0.391. The summed E-state index contributed by atoms with van der Waals surface area (Å²) in [5.74, 6) is -0.374. The molecule has 0 aromatic carbocycles. The monoisotopic (exact) mass is 485 g/mol. The van der Waals surface area contributed by atoms with Crippen LogP contribution >= 0.6 is 22.7 Å². The third-order valence-corrected chi connectivity index (χ3v) is 8.35. The average Bonchev–Trinajstić information content (AvgIpc) is 3.54. The highest BCUT2D eigenvalue weighted by molar-refractivity contribution is 7.17. The fourth-order valence-electron chi connectivity index (χ4n) is 4.40. The lowest BCUT2D eigenvalue weighted by Gasteiger charge is -2.15. The molecule has 5 heterocycles. The van der Waals surface area contributed by atoms with Crippen molar-refractivity contribution in [3.8, 4) is 5.00 Å². The Bertz CT molecular complexity index is 1170. The van der Waals surface area contributed by atoms with Gasteiger partial charge in [-0.15, -0.1) is 22.7 Å². The van der Waals surface area contributed by atoms with E-state index in [4.69, 9.17) is 4.74 Å². The molecular formula is C23H27N5O3S2. The topological polar surface area (TPSA) is 96.4 Å². The number of nitrogens with one attached hydrogen (secondary N) is 4. The zero-order valence-corrected chi connectivity index (χ0v) is 20.1. The molecule has 2 amide bonds. The average molecular weight is 486 g/mol. The number of urea groups is 1. The summed E-state index contributed by atoms with van der Waals surface area (Å²) in [5.41, 5.74) is 3.97. The molecule has 8 nitrogen and oxygen atoms in total. The van der Waals surface area contributed by atoms with E-state index in [2.05, 4.69) is 25.8 Å². The number of hydrogen-bond donors (Lipinski definition) is 4. The molecule has 174 valence electrons. The number of nitrogens with zero attached hydrogens (tertiary/aromatic N) is 1. The highest BCUT2D eigenvalue weighted by atomic mass is 32.1. The summed E-state index contributed by atoms with van der Waals surface area (Å²) in [6.45, 7) is 5.81. The normalized spacial score (nSPS) is 14.9. The molecule has 0 bridgehead atoms. The number of hydrogen-bond acceptors (Lipinski definition) is 7. The second-order valence-corrected chi connectivity index (χ2v) is 10.2. The van der Waals surface area contributed by atoms with Crippen molar-refractivity contribution in [2.24, 2.45) is 0 Å². The van der Waals surface area contributed by atoms with E-state index < -0.39 is 0 Å². The van der Waals surface area contributed by atoms with Crippen molar-refractivity contribution in [3.05, 3.63) is 56.5 Å². The van der Waals surface area contributed by atoms with E-state index in [1.165, 1.54) is 21.8 Å². The van der Waals surface area contributed by atoms with Crippen LogP contribution in [0.5, 0.6) is 0 Å². The minimum absolute atomic E-state index is 0.299. The number of ether oxygens (including phenoxy) is 1. The van der Waals surface area contributed by atoms with Crippen LogP contribution in [0, 0.1) is 0 Å². The smallest absolute Gasteiger partial charge is 0.341 e. The van der Waals surface area contributed by atoms with Gasteiger partial charge >= 0.3 is 12.0 Å². The Hall–Kier alpha value is -2.66. The molecular weight excluding hydrogens is 458 g/mol. The van der Waals surface area contributed by atoms with Gasteiger partial charge < -0.3 is 25.3 Å². The zero-order valence-electron chi connectivity index (χ0n) is 18.5. The van der Waals surface area contributed by atoms with Gasteiger partial charge in [0, 0.05) is 47.3 Å². The molecule has 0 atom stereocenters. The Morgan fingerprint density at radius 1 is 1.06 bits per heavy atom. The van der Waals surface area contributed by atoms with Gasteiger partial charge in [0.2, 0.25) is 0 Å². The van der Waals surface area contributed by atoms with Gasteiger partial charge in [-0.25, -0.2) is 9.59 Å². The van der Waals surface area contributed by atoms with Gasteiger partial charge in [0.05, 0.1) is 12.2 Å². The summed E-state index contributed by atoms with van der Waals surface area (Å²) in [4.78, 5) is 28.0. The van der Waals surface area contributed by atoms with Gasteiger partial charge in [-0.3, -0.25) is 5.32 Å². The first-order chi connectivity index (χ1) is 16.2. The van der Waals surface area contributed by atoms with Crippen molar-refractivity contribution < 1.29 is 14.3 Å². The summed E-state index contributed by atoms with van der Waals surface area (Å²) >= 11 is 3.21. The van der Waals surface area contributed by atoms with Gasteiger partial charge in [0.1, 0.15) is 10.0 Å². The van der Waals surface area contributed by atoms with Gasteiger partial charge in [-0.1, -0.05) is 0 Å². The first-order valence-electron chi connectivity index (χ1n) is 11.2. The summed E-state index contributed by atoms with van der Waals surface area (Å²) in [7, 11) is 0. The maximum Gasteiger partial charge on any atom is 0.341 e. The molecule has 0 radical (unpaired) electrons. The van der Waals surface area contributed by atoms with Gasteiger partial charge in [-0.05, 0) is 56.1 Å². The van der Waals surface area contributed by atoms with Gasteiger partial charge in [0.15, 0.2) is 0 Å². The predicted molar refractivity (Wildman–Crippen MR) is 131 cm³/mol. The van der Waals surface area contributed by atoms with Crippen LogP contribution in [-0.2, 0) is 37.2 Å². The second kappa shape index (κ2) is 9.68. The number of amides is 2.